The first-order valence-corrected chi connectivity index (χ1v) is 8.26. The number of oxazole rings is 1. The average molecular weight is 308 g/mol. The topological polar surface area (TPSA) is 35.1 Å². The van der Waals surface area contributed by atoms with E-state index in [4.69, 9.17) is 16.0 Å². The van der Waals surface area contributed by atoms with E-state index in [0.29, 0.717) is 12.1 Å². The summed E-state index contributed by atoms with van der Waals surface area (Å²) in [5, 5.41) is -0.0301. The molecule has 114 valence electrons. The predicted octanol–water partition coefficient (Wildman–Crippen LogP) is 4.86. The Morgan fingerprint density at radius 1 is 1.33 bits per heavy atom. The van der Waals surface area contributed by atoms with Crippen LogP contribution in [0.5, 0.6) is 0 Å². The second kappa shape index (κ2) is 5.53. The van der Waals surface area contributed by atoms with E-state index in [9.17, 15) is 4.79 Å². The zero-order chi connectivity index (χ0) is 15.0. The van der Waals surface area contributed by atoms with Crippen molar-refractivity contribution in [3.05, 3.63) is 34.3 Å². The smallest absolute Gasteiger partial charge is 0.408 e. The lowest BCUT2D eigenvalue weighted by atomic mass is 9.71. The van der Waals surface area contributed by atoms with Crippen molar-refractivity contribution >= 4 is 22.7 Å². The van der Waals surface area contributed by atoms with Gasteiger partial charge in [-0.05, 0) is 42.9 Å². The molecule has 1 heterocycles. The minimum absolute atomic E-state index is 0.0301. The van der Waals surface area contributed by atoms with Crippen molar-refractivity contribution in [2.45, 2.75) is 57.9 Å². The molecule has 2 aromatic rings. The van der Waals surface area contributed by atoms with Gasteiger partial charge >= 0.3 is 5.76 Å². The molecule has 0 spiro atoms. The van der Waals surface area contributed by atoms with Gasteiger partial charge in [-0.15, -0.1) is 11.6 Å². The molecule has 21 heavy (non-hydrogen) atoms. The zero-order valence-corrected chi connectivity index (χ0v) is 13.4. The van der Waals surface area contributed by atoms with Crippen LogP contribution < -0.4 is 5.76 Å². The summed E-state index contributed by atoms with van der Waals surface area (Å²) in [6, 6.07) is 5.95. The third-order valence-corrected chi connectivity index (χ3v) is 5.69. The Hall–Kier alpha value is -1.22. The van der Waals surface area contributed by atoms with Crippen LogP contribution >= 0.6 is 11.6 Å². The van der Waals surface area contributed by atoms with Gasteiger partial charge in [0.15, 0.2) is 5.58 Å². The highest BCUT2D eigenvalue weighted by Gasteiger charge is 2.35. The molecule has 0 amide bonds. The summed E-state index contributed by atoms with van der Waals surface area (Å²) in [5.74, 6) is -0.292. The molecule has 0 bridgehead atoms. The maximum atomic E-state index is 11.8. The van der Waals surface area contributed by atoms with Crippen LogP contribution in [0.15, 0.2) is 27.4 Å². The van der Waals surface area contributed by atoms with E-state index in [1.807, 2.05) is 25.1 Å². The maximum Gasteiger partial charge on any atom is 0.419 e. The normalized spacial score (nSPS) is 19.8. The Labute approximate surface area is 129 Å². The van der Waals surface area contributed by atoms with Crippen LogP contribution in [-0.4, -0.2) is 4.57 Å². The number of nitrogens with zero attached hydrogens (tertiary/aromatic N) is 1. The fourth-order valence-corrected chi connectivity index (χ4v) is 3.91. The Morgan fingerprint density at radius 3 is 2.71 bits per heavy atom. The molecule has 1 fully saturated rings. The van der Waals surface area contributed by atoms with Crippen molar-refractivity contribution in [3.63, 3.8) is 0 Å². The highest BCUT2D eigenvalue weighted by Crippen LogP contribution is 2.49. The van der Waals surface area contributed by atoms with Crippen LogP contribution in [0.1, 0.15) is 56.9 Å². The first kappa shape index (κ1) is 14.7. The van der Waals surface area contributed by atoms with Gasteiger partial charge in [-0.2, -0.15) is 0 Å². The van der Waals surface area contributed by atoms with E-state index in [-0.39, 0.29) is 16.5 Å². The van der Waals surface area contributed by atoms with E-state index < -0.39 is 0 Å². The van der Waals surface area contributed by atoms with Crippen LogP contribution in [0.4, 0.5) is 0 Å². The minimum atomic E-state index is -0.292. The average Bonchev–Trinajstić information content (AvgIpc) is 2.81. The largest absolute Gasteiger partial charge is 0.419 e. The van der Waals surface area contributed by atoms with Gasteiger partial charge in [0, 0.05) is 6.54 Å². The molecule has 4 heteroatoms. The van der Waals surface area contributed by atoms with E-state index in [2.05, 4.69) is 6.92 Å². The van der Waals surface area contributed by atoms with Crippen molar-refractivity contribution < 1.29 is 4.42 Å². The highest BCUT2D eigenvalue weighted by molar-refractivity contribution is 6.21. The standard InChI is InChI=1S/C17H22ClNO2/c1-3-19-13-8-7-12(11-14(13)21-16(19)20)15(18)17(2)9-5-4-6-10-17/h7-8,11,15H,3-6,9-10H2,1-2H3. The first-order chi connectivity index (χ1) is 10.0. The van der Waals surface area contributed by atoms with Crippen molar-refractivity contribution in [2.24, 2.45) is 5.41 Å². The van der Waals surface area contributed by atoms with E-state index in [0.717, 1.165) is 11.1 Å². The number of rotatable bonds is 3. The molecule has 0 N–H and O–H groups in total. The quantitative estimate of drug-likeness (QED) is 0.759. The molecule has 0 aliphatic heterocycles. The number of hydrogen-bond acceptors (Lipinski definition) is 2. The Balaban J connectivity index is 1.99. The Morgan fingerprint density at radius 2 is 2.05 bits per heavy atom. The van der Waals surface area contributed by atoms with Crippen molar-refractivity contribution in [3.8, 4) is 0 Å². The van der Waals surface area contributed by atoms with Crippen LogP contribution in [0.2, 0.25) is 0 Å². The maximum absolute atomic E-state index is 11.8. The van der Waals surface area contributed by atoms with E-state index in [1.165, 1.54) is 32.1 Å². The number of aromatic nitrogens is 1. The zero-order valence-electron chi connectivity index (χ0n) is 12.7. The summed E-state index contributed by atoms with van der Waals surface area (Å²) in [5.41, 5.74) is 2.69. The third-order valence-electron chi connectivity index (χ3n) is 4.91. The highest BCUT2D eigenvalue weighted by atomic mass is 35.5. The Bertz CT molecular complexity index is 694. The third kappa shape index (κ3) is 2.52. The lowest BCUT2D eigenvalue weighted by Gasteiger charge is -2.37. The lowest BCUT2D eigenvalue weighted by molar-refractivity contribution is 0.206. The van der Waals surface area contributed by atoms with Crippen LogP contribution in [0.3, 0.4) is 0 Å². The van der Waals surface area contributed by atoms with Gasteiger partial charge in [-0.25, -0.2) is 4.79 Å². The summed E-state index contributed by atoms with van der Waals surface area (Å²) in [6.07, 6.45) is 6.15. The van der Waals surface area contributed by atoms with E-state index >= 15 is 0 Å². The molecule has 1 aliphatic carbocycles. The molecule has 1 unspecified atom stereocenters. The molecule has 3 nitrogen and oxygen atoms in total. The molecule has 3 rings (SSSR count). The fourth-order valence-electron chi connectivity index (χ4n) is 3.56. The van der Waals surface area contributed by atoms with Gasteiger partial charge < -0.3 is 4.42 Å². The number of halogens is 1. The van der Waals surface area contributed by atoms with Gasteiger partial charge in [0.2, 0.25) is 0 Å². The van der Waals surface area contributed by atoms with Crippen molar-refractivity contribution in [1.82, 2.24) is 4.57 Å². The summed E-state index contributed by atoms with van der Waals surface area (Å²) >= 11 is 6.78. The molecule has 1 aromatic heterocycles. The number of aryl methyl sites for hydroxylation is 1. The Kier molecular flexibility index (Phi) is 3.87. The van der Waals surface area contributed by atoms with Gasteiger partial charge in [0.05, 0.1) is 10.9 Å². The first-order valence-electron chi connectivity index (χ1n) is 7.82. The number of benzene rings is 1. The molecule has 0 saturated heterocycles. The monoisotopic (exact) mass is 307 g/mol. The predicted molar refractivity (Wildman–Crippen MR) is 85.9 cm³/mol. The summed E-state index contributed by atoms with van der Waals surface area (Å²) in [7, 11) is 0. The molecule has 1 aliphatic rings. The molecular formula is C17H22ClNO2. The molecule has 1 atom stereocenters. The van der Waals surface area contributed by atoms with Gasteiger partial charge in [0.25, 0.3) is 0 Å². The fraction of sp³-hybridized carbons (Fsp3) is 0.588. The van der Waals surface area contributed by atoms with Gasteiger partial charge in [-0.3, -0.25) is 4.57 Å². The summed E-state index contributed by atoms with van der Waals surface area (Å²) in [6.45, 7) is 4.84. The molecular weight excluding hydrogens is 286 g/mol. The lowest BCUT2D eigenvalue weighted by Crippen LogP contribution is -2.25. The second-order valence-electron chi connectivity index (χ2n) is 6.42. The number of fused-ring (bicyclic) bond motifs is 1. The van der Waals surface area contributed by atoms with Gasteiger partial charge in [-0.1, -0.05) is 32.3 Å². The van der Waals surface area contributed by atoms with Crippen LogP contribution in [-0.2, 0) is 6.54 Å². The van der Waals surface area contributed by atoms with Gasteiger partial charge in [0.1, 0.15) is 0 Å². The van der Waals surface area contributed by atoms with Crippen molar-refractivity contribution in [1.29, 1.82) is 0 Å². The van der Waals surface area contributed by atoms with Crippen LogP contribution in [0.25, 0.3) is 11.1 Å². The molecule has 0 radical (unpaired) electrons. The SMILES string of the molecule is CCn1c(=O)oc2cc(C(Cl)C3(C)CCCCC3)ccc21. The number of alkyl halides is 1. The molecule has 1 saturated carbocycles. The van der Waals surface area contributed by atoms with Crippen LogP contribution in [0, 0.1) is 5.41 Å². The summed E-state index contributed by atoms with van der Waals surface area (Å²) in [4.78, 5) is 11.8. The molecule has 1 aromatic carbocycles. The van der Waals surface area contributed by atoms with Crippen molar-refractivity contribution in [2.75, 3.05) is 0 Å². The number of hydrogen-bond donors (Lipinski definition) is 0. The summed E-state index contributed by atoms with van der Waals surface area (Å²) < 4.78 is 6.99. The minimum Gasteiger partial charge on any atom is -0.408 e. The van der Waals surface area contributed by atoms with E-state index in [1.54, 1.807) is 4.57 Å². The second-order valence-corrected chi connectivity index (χ2v) is 6.85.